The van der Waals surface area contributed by atoms with Crippen LogP contribution in [0.2, 0.25) is 0 Å². The Morgan fingerprint density at radius 2 is 2.07 bits per heavy atom. The number of thioether (sulfide) groups is 1. The summed E-state index contributed by atoms with van der Waals surface area (Å²) in [4.78, 5) is 18.1. The highest BCUT2D eigenvalue weighted by atomic mass is 32.2. The normalized spacial score (nSPS) is 16.5. The van der Waals surface area contributed by atoms with E-state index >= 15 is 0 Å². The van der Waals surface area contributed by atoms with Crippen LogP contribution in [0.4, 0.5) is 0 Å². The van der Waals surface area contributed by atoms with E-state index in [1.54, 1.807) is 11.8 Å². The van der Waals surface area contributed by atoms with Crippen molar-refractivity contribution in [1.29, 1.82) is 0 Å². The smallest absolute Gasteiger partial charge is 0.252 e. The Morgan fingerprint density at radius 1 is 1.21 bits per heavy atom. The van der Waals surface area contributed by atoms with Gasteiger partial charge in [0, 0.05) is 30.3 Å². The number of aryl methyl sites for hydroxylation is 1. The van der Waals surface area contributed by atoms with Gasteiger partial charge in [0.25, 0.3) is 5.91 Å². The molecule has 1 aromatic heterocycles. The van der Waals surface area contributed by atoms with E-state index in [4.69, 9.17) is 4.74 Å². The maximum absolute atomic E-state index is 12.7. The molecule has 0 aliphatic carbocycles. The predicted octanol–water partition coefficient (Wildman–Crippen LogP) is 4.13. The minimum Gasteiger partial charge on any atom is -0.377 e. The summed E-state index contributed by atoms with van der Waals surface area (Å²) in [7, 11) is 0. The zero-order valence-corrected chi connectivity index (χ0v) is 16.7. The number of aromatic nitrogens is 2. The summed E-state index contributed by atoms with van der Waals surface area (Å²) >= 11 is 1.71. The highest BCUT2D eigenvalue weighted by Gasteiger charge is 2.17. The average Bonchev–Trinajstić information content (AvgIpc) is 3.40. The third-order valence-electron chi connectivity index (χ3n) is 4.97. The molecule has 3 aromatic rings. The van der Waals surface area contributed by atoms with Gasteiger partial charge in [-0.25, -0.2) is 4.98 Å². The maximum atomic E-state index is 12.7. The number of fused-ring (bicyclic) bond motifs is 1. The molecule has 0 bridgehead atoms. The summed E-state index contributed by atoms with van der Waals surface area (Å²) in [6, 6.07) is 15.9. The fourth-order valence-electron chi connectivity index (χ4n) is 3.47. The van der Waals surface area contributed by atoms with E-state index in [1.165, 1.54) is 0 Å². The summed E-state index contributed by atoms with van der Waals surface area (Å²) in [5.41, 5.74) is 2.88. The number of hydrogen-bond donors (Lipinski definition) is 1. The quantitative estimate of drug-likeness (QED) is 0.460. The van der Waals surface area contributed by atoms with Crippen molar-refractivity contribution >= 4 is 28.7 Å². The van der Waals surface area contributed by atoms with Crippen molar-refractivity contribution in [2.45, 2.75) is 36.8 Å². The van der Waals surface area contributed by atoms with Crippen LogP contribution in [0.25, 0.3) is 11.0 Å². The monoisotopic (exact) mass is 395 g/mol. The number of imidazole rings is 1. The molecule has 1 N–H and O–H groups in total. The zero-order chi connectivity index (χ0) is 19.2. The summed E-state index contributed by atoms with van der Waals surface area (Å²) in [6.45, 7) is 2.33. The van der Waals surface area contributed by atoms with Crippen LogP contribution in [-0.2, 0) is 11.3 Å². The minimum absolute atomic E-state index is 0.00840. The second kappa shape index (κ2) is 9.26. The van der Waals surface area contributed by atoms with E-state index < -0.39 is 0 Å². The molecule has 2 heterocycles. The fraction of sp³-hybridized carbons (Fsp3) is 0.364. The summed E-state index contributed by atoms with van der Waals surface area (Å²) in [5.74, 6) is 0.892. The average molecular weight is 396 g/mol. The summed E-state index contributed by atoms with van der Waals surface area (Å²) < 4.78 is 7.82. The summed E-state index contributed by atoms with van der Waals surface area (Å²) in [5, 5.41) is 3.06. The van der Waals surface area contributed by atoms with Crippen LogP contribution in [0.3, 0.4) is 0 Å². The fourth-order valence-corrected chi connectivity index (χ4v) is 4.59. The zero-order valence-electron chi connectivity index (χ0n) is 15.8. The lowest BCUT2D eigenvalue weighted by Crippen LogP contribution is -2.25. The first-order valence-corrected chi connectivity index (χ1v) is 10.8. The van der Waals surface area contributed by atoms with Gasteiger partial charge in [0.2, 0.25) is 0 Å². The molecular formula is C22H25N3O2S. The molecule has 0 saturated carbocycles. The maximum Gasteiger partial charge on any atom is 0.252 e. The number of ether oxygens (including phenoxy) is 1. The molecule has 1 aliphatic heterocycles. The number of para-hydroxylation sites is 2. The Kier molecular flexibility index (Phi) is 6.29. The first kappa shape index (κ1) is 19.0. The molecule has 1 fully saturated rings. The van der Waals surface area contributed by atoms with Crippen LogP contribution < -0.4 is 5.32 Å². The van der Waals surface area contributed by atoms with Crippen LogP contribution in [0.1, 0.15) is 29.6 Å². The number of rotatable bonds is 8. The number of carbonyl (C=O) groups is 1. The van der Waals surface area contributed by atoms with Gasteiger partial charge >= 0.3 is 0 Å². The second-order valence-corrected chi connectivity index (χ2v) is 8.04. The van der Waals surface area contributed by atoms with Gasteiger partial charge in [-0.05, 0) is 43.5 Å². The number of benzene rings is 2. The van der Waals surface area contributed by atoms with E-state index in [2.05, 4.69) is 20.9 Å². The number of carbonyl (C=O) groups excluding carboxylic acids is 1. The molecule has 1 aliphatic rings. The molecule has 146 valence electrons. The van der Waals surface area contributed by atoms with Crippen molar-refractivity contribution in [2.75, 3.05) is 18.9 Å². The van der Waals surface area contributed by atoms with Gasteiger partial charge in [-0.15, -0.1) is 11.8 Å². The molecule has 1 saturated heterocycles. The van der Waals surface area contributed by atoms with Gasteiger partial charge in [-0.3, -0.25) is 4.79 Å². The topological polar surface area (TPSA) is 56.2 Å². The predicted molar refractivity (Wildman–Crippen MR) is 113 cm³/mol. The van der Waals surface area contributed by atoms with Crippen molar-refractivity contribution in [3.8, 4) is 0 Å². The lowest BCUT2D eigenvalue weighted by molar-refractivity contribution is 0.0949. The van der Waals surface area contributed by atoms with Gasteiger partial charge < -0.3 is 14.6 Å². The van der Waals surface area contributed by atoms with Gasteiger partial charge in [-0.1, -0.05) is 24.3 Å². The standard InChI is InChI=1S/C22H25N3O2S/c26-22(18-8-1-4-11-21(18)28-15-17-7-5-14-27-17)23-12-6-13-25-16-24-19-9-2-3-10-20(19)25/h1-4,8-11,16-17H,5-7,12-15H2,(H,23,26)/t17-/m1/s1. The Labute approximate surface area is 169 Å². The molecule has 1 amide bonds. The van der Waals surface area contributed by atoms with Crippen LogP contribution >= 0.6 is 11.8 Å². The number of amides is 1. The Balaban J connectivity index is 1.29. The van der Waals surface area contributed by atoms with E-state index in [-0.39, 0.29) is 5.91 Å². The Morgan fingerprint density at radius 3 is 2.96 bits per heavy atom. The molecule has 28 heavy (non-hydrogen) atoms. The number of nitrogens with one attached hydrogen (secondary N) is 1. The molecule has 6 heteroatoms. The van der Waals surface area contributed by atoms with Crippen LogP contribution in [0, 0.1) is 0 Å². The van der Waals surface area contributed by atoms with Crippen molar-refractivity contribution < 1.29 is 9.53 Å². The molecule has 2 aromatic carbocycles. The van der Waals surface area contributed by atoms with Crippen LogP contribution in [-0.4, -0.2) is 40.5 Å². The van der Waals surface area contributed by atoms with Gasteiger partial charge in [0.05, 0.1) is 29.0 Å². The Hall–Kier alpha value is -2.31. The SMILES string of the molecule is O=C(NCCCn1cnc2ccccc21)c1ccccc1SC[C@H]1CCCO1. The molecule has 4 rings (SSSR count). The van der Waals surface area contributed by atoms with Gasteiger partial charge in [-0.2, -0.15) is 0 Å². The van der Waals surface area contributed by atoms with Crippen molar-refractivity contribution in [3.63, 3.8) is 0 Å². The molecule has 0 unspecified atom stereocenters. The largest absolute Gasteiger partial charge is 0.377 e. The van der Waals surface area contributed by atoms with E-state index in [0.717, 1.165) is 59.7 Å². The van der Waals surface area contributed by atoms with E-state index in [0.29, 0.717) is 12.6 Å². The Bertz CT molecular complexity index is 934. The molecule has 0 spiro atoms. The molecule has 1 atom stereocenters. The minimum atomic E-state index is -0.00840. The molecule has 5 nitrogen and oxygen atoms in total. The highest BCUT2D eigenvalue weighted by Crippen LogP contribution is 2.26. The molecule has 0 radical (unpaired) electrons. The first-order valence-electron chi connectivity index (χ1n) is 9.83. The summed E-state index contributed by atoms with van der Waals surface area (Å²) in [6.07, 6.45) is 5.29. The van der Waals surface area contributed by atoms with Crippen LogP contribution in [0.15, 0.2) is 59.8 Å². The van der Waals surface area contributed by atoms with E-state index in [9.17, 15) is 4.79 Å². The van der Waals surface area contributed by atoms with E-state index in [1.807, 2.05) is 48.8 Å². The van der Waals surface area contributed by atoms with Crippen molar-refractivity contribution in [1.82, 2.24) is 14.9 Å². The lowest BCUT2D eigenvalue weighted by Gasteiger charge is -2.12. The highest BCUT2D eigenvalue weighted by molar-refractivity contribution is 7.99. The second-order valence-electron chi connectivity index (χ2n) is 6.98. The lowest BCUT2D eigenvalue weighted by atomic mass is 10.2. The van der Waals surface area contributed by atoms with Gasteiger partial charge in [0.15, 0.2) is 0 Å². The number of nitrogens with zero attached hydrogens (tertiary/aromatic N) is 2. The third-order valence-corrected chi connectivity index (χ3v) is 6.17. The third kappa shape index (κ3) is 4.56. The van der Waals surface area contributed by atoms with Crippen LogP contribution in [0.5, 0.6) is 0 Å². The van der Waals surface area contributed by atoms with Gasteiger partial charge in [0.1, 0.15) is 0 Å². The first-order chi connectivity index (χ1) is 13.8. The van der Waals surface area contributed by atoms with Crippen molar-refractivity contribution in [2.24, 2.45) is 0 Å². The van der Waals surface area contributed by atoms with Crippen molar-refractivity contribution in [3.05, 3.63) is 60.4 Å². The molecular weight excluding hydrogens is 370 g/mol. The number of hydrogen-bond acceptors (Lipinski definition) is 4.